The van der Waals surface area contributed by atoms with Crippen LogP contribution in [0.4, 0.5) is 0 Å². The number of rotatable bonds is 6. The monoisotopic (exact) mass is 255 g/mol. The van der Waals surface area contributed by atoms with Crippen molar-refractivity contribution in [3.05, 3.63) is 65.5 Å². The second-order valence-electron chi connectivity index (χ2n) is 4.64. The molecule has 19 heavy (non-hydrogen) atoms. The van der Waals surface area contributed by atoms with Gasteiger partial charge < -0.3 is 0 Å². The number of pyridine rings is 1. The molecule has 0 radical (unpaired) electrons. The molecule has 3 nitrogen and oxygen atoms in total. The van der Waals surface area contributed by atoms with Crippen molar-refractivity contribution in [2.24, 2.45) is 5.84 Å². The van der Waals surface area contributed by atoms with Gasteiger partial charge in [-0.1, -0.05) is 43.3 Å². The van der Waals surface area contributed by atoms with Crippen molar-refractivity contribution in [3.63, 3.8) is 0 Å². The zero-order valence-corrected chi connectivity index (χ0v) is 11.3. The minimum atomic E-state index is 0.108. The first kappa shape index (κ1) is 13.7. The summed E-state index contributed by atoms with van der Waals surface area (Å²) in [6.45, 7) is 2.14. The molecule has 0 saturated carbocycles. The molecule has 100 valence electrons. The average molecular weight is 255 g/mol. The van der Waals surface area contributed by atoms with Crippen LogP contribution in [0, 0.1) is 0 Å². The van der Waals surface area contributed by atoms with Crippen LogP contribution in [0.2, 0.25) is 0 Å². The Balaban J connectivity index is 2.08. The molecule has 0 saturated heterocycles. The third-order valence-corrected chi connectivity index (χ3v) is 3.40. The lowest BCUT2D eigenvalue weighted by Gasteiger charge is -2.18. The largest absolute Gasteiger partial charge is 0.271 e. The van der Waals surface area contributed by atoms with E-state index in [9.17, 15) is 0 Å². The lowest BCUT2D eigenvalue weighted by atomic mass is 9.99. The van der Waals surface area contributed by atoms with Crippen molar-refractivity contribution in [1.29, 1.82) is 0 Å². The standard InChI is InChI=1S/C16H21N3/c1-2-14-9-6-12-18-16(14)15(19-17)11-10-13-7-4-3-5-8-13/h3-9,12,15,19H,2,10-11,17H2,1H3. The van der Waals surface area contributed by atoms with Gasteiger partial charge in [0.15, 0.2) is 0 Å². The van der Waals surface area contributed by atoms with E-state index < -0.39 is 0 Å². The number of hydrogen-bond donors (Lipinski definition) is 2. The number of benzene rings is 1. The SMILES string of the molecule is CCc1cccnc1C(CCc1ccccc1)NN. The van der Waals surface area contributed by atoms with Crippen LogP contribution in [0.3, 0.4) is 0 Å². The number of hydrazine groups is 1. The molecule has 3 N–H and O–H groups in total. The normalized spacial score (nSPS) is 12.3. The zero-order valence-electron chi connectivity index (χ0n) is 11.3. The van der Waals surface area contributed by atoms with Gasteiger partial charge in [-0.05, 0) is 36.5 Å². The summed E-state index contributed by atoms with van der Waals surface area (Å²) < 4.78 is 0. The van der Waals surface area contributed by atoms with Gasteiger partial charge in [0.05, 0.1) is 11.7 Å². The topological polar surface area (TPSA) is 50.9 Å². The first-order chi connectivity index (χ1) is 9.35. The van der Waals surface area contributed by atoms with Crippen molar-refractivity contribution < 1.29 is 0 Å². The van der Waals surface area contributed by atoms with Crippen molar-refractivity contribution in [1.82, 2.24) is 10.4 Å². The Morgan fingerprint density at radius 2 is 1.95 bits per heavy atom. The van der Waals surface area contributed by atoms with E-state index in [4.69, 9.17) is 5.84 Å². The van der Waals surface area contributed by atoms with E-state index in [0.29, 0.717) is 0 Å². The van der Waals surface area contributed by atoms with Crippen LogP contribution in [-0.4, -0.2) is 4.98 Å². The molecular weight excluding hydrogens is 234 g/mol. The van der Waals surface area contributed by atoms with Gasteiger partial charge in [0, 0.05) is 6.20 Å². The molecule has 1 aromatic heterocycles. The molecule has 1 aromatic carbocycles. The highest BCUT2D eigenvalue weighted by atomic mass is 15.2. The van der Waals surface area contributed by atoms with Crippen LogP contribution < -0.4 is 11.3 Å². The highest BCUT2D eigenvalue weighted by Crippen LogP contribution is 2.20. The number of aryl methyl sites for hydroxylation is 2. The van der Waals surface area contributed by atoms with Crippen LogP contribution in [-0.2, 0) is 12.8 Å². The predicted octanol–water partition coefficient (Wildman–Crippen LogP) is 2.78. The van der Waals surface area contributed by atoms with Gasteiger partial charge in [-0.2, -0.15) is 0 Å². The summed E-state index contributed by atoms with van der Waals surface area (Å²) in [5.41, 5.74) is 6.57. The Morgan fingerprint density at radius 3 is 2.63 bits per heavy atom. The molecule has 1 unspecified atom stereocenters. The number of nitrogens with one attached hydrogen (secondary N) is 1. The Kier molecular flexibility index (Phi) is 5.07. The first-order valence-corrected chi connectivity index (χ1v) is 6.79. The fourth-order valence-electron chi connectivity index (χ4n) is 2.32. The zero-order chi connectivity index (χ0) is 13.5. The smallest absolute Gasteiger partial charge is 0.0638 e. The summed E-state index contributed by atoms with van der Waals surface area (Å²) in [5, 5.41) is 0. The number of aromatic nitrogens is 1. The van der Waals surface area contributed by atoms with E-state index in [1.807, 2.05) is 18.3 Å². The summed E-state index contributed by atoms with van der Waals surface area (Å²) in [6, 6.07) is 14.7. The van der Waals surface area contributed by atoms with Crippen LogP contribution >= 0.6 is 0 Å². The van der Waals surface area contributed by atoms with Gasteiger partial charge in [-0.25, -0.2) is 0 Å². The van der Waals surface area contributed by atoms with Crippen LogP contribution in [0.25, 0.3) is 0 Å². The molecule has 0 aliphatic heterocycles. The minimum Gasteiger partial charge on any atom is -0.271 e. The first-order valence-electron chi connectivity index (χ1n) is 6.79. The van der Waals surface area contributed by atoms with E-state index >= 15 is 0 Å². The van der Waals surface area contributed by atoms with Gasteiger partial charge in [-0.3, -0.25) is 16.3 Å². The summed E-state index contributed by atoms with van der Waals surface area (Å²) in [4.78, 5) is 4.49. The summed E-state index contributed by atoms with van der Waals surface area (Å²) in [7, 11) is 0. The molecule has 0 aliphatic rings. The Hall–Kier alpha value is -1.71. The molecule has 0 aliphatic carbocycles. The summed E-state index contributed by atoms with van der Waals surface area (Å²) in [6.07, 6.45) is 4.76. The molecule has 0 bridgehead atoms. The number of nitrogens with zero attached hydrogens (tertiary/aromatic N) is 1. The molecule has 1 heterocycles. The lowest BCUT2D eigenvalue weighted by molar-refractivity contribution is 0.500. The Labute approximate surface area is 114 Å². The van der Waals surface area contributed by atoms with Gasteiger partial charge in [-0.15, -0.1) is 0 Å². The van der Waals surface area contributed by atoms with E-state index in [-0.39, 0.29) is 6.04 Å². The third kappa shape index (κ3) is 3.63. The van der Waals surface area contributed by atoms with Crippen molar-refractivity contribution >= 4 is 0 Å². The third-order valence-electron chi connectivity index (χ3n) is 3.40. The molecule has 0 spiro atoms. The number of nitrogens with two attached hydrogens (primary N) is 1. The quantitative estimate of drug-likeness (QED) is 0.616. The lowest BCUT2D eigenvalue weighted by Crippen LogP contribution is -2.30. The minimum absolute atomic E-state index is 0.108. The fourth-order valence-corrected chi connectivity index (χ4v) is 2.32. The average Bonchev–Trinajstić information content (AvgIpc) is 2.49. The highest BCUT2D eigenvalue weighted by Gasteiger charge is 2.14. The maximum atomic E-state index is 5.70. The Bertz CT molecular complexity index is 496. The van der Waals surface area contributed by atoms with Crippen LogP contribution in [0.1, 0.15) is 36.2 Å². The molecule has 2 aromatic rings. The molecule has 1 atom stereocenters. The Morgan fingerprint density at radius 1 is 1.16 bits per heavy atom. The fraction of sp³-hybridized carbons (Fsp3) is 0.312. The van der Waals surface area contributed by atoms with Gasteiger partial charge in [0.1, 0.15) is 0 Å². The highest BCUT2D eigenvalue weighted by molar-refractivity contribution is 5.23. The van der Waals surface area contributed by atoms with Crippen LogP contribution in [0.15, 0.2) is 48.7 Å². The van der Waals surface area contributed by atoms with Crippen molar-refractivity contribution in [3.8, 4) is 0 Å². The second kappa shape index (κ2) is 7.02. The molecule has 3 heteroatoms. The maximum Gasteiger partial charge on any atom is 0.0638 e. The predicted molar refractivity (Wildman–Crippen MR) is 78.4 cm³/mol. The van der Waals surface area contributed by atoms with E-state index in [1.165, 1.54) is 11.1 Å². The molecule has 0 amide bonds. The van der Waals surface area contributed by atoms with E-state index in [1.54, 1.807) is 0 Å². The number of hydrogen-bond acceptors (Lipinski definition) is 3. The van der Waals surface area contributed by atoms with E-state index in [2.05, 4.69) is 47.7 Å². The van der Waals surface area contributed by atoms with Gasteiger partial charge >= 0.3 is 0 Å². The second-order valence-corrected chi connectivity index (χ2v) is 4.64. The molecule has 0 fully saturated rings. The van der Waals surface area contributed by atoms with Crippen molar-refractivity contribution in [2.45, 2.75) is 32.2 Å². The van der Waals surface area contributed by atoms with E-state index in [0.717, 1.165) is 25.0 Å². The summed E-state index contributed by atoms with van der Waals surface area (Å²) >= 11 is 0. The maximum absolute atomic E-state index is 5.70. The van der Waals surface area contributed by atoms with Crippen molar-refractivity contribution in [2.75, 3.05) is 0 Å². The van der Waals surface area contributed by atoms with Crippen LogP contribution in [0.5, 0.6) is 0 Å². The molecule has 2 rings (SSSR count). The summed E-state index contributed by atoms with van der Waals surface area (Å²) in [5.74, 6) is 5.70. The van der Waals surface area contributed by atoms with Gasteiger partial charge in [0.2, 0.25) is 0 Å². The molecular formula is C16H21N3. The van der Waals surface area contributed by atoms with Gasteiger partial charge in [0.25, 0.3) is 0 Å².